The van der Waals surface area contributed by atoms with Crippen molar-refractivity contribution in [3.8, 4) is 23.0 Å². The van der Waals surface area contributed by atoms with E-state index in [9.17, 15) is 9.59 Å². The largest absolute Gasteiger partial charge is 0.493 e. The average Bonchev–Trinajstić information content (AvgIpc) is 3.39. The Balaban J connectivity index is 1.48. The number of Topliss-reactive ketones (excluding diaryl/α,β-unsaturated/α-hetero) is 2. The van der Waals surface area contributed by atoms with Crippen LogP contribution in [0.5, 0.6) is 23.0 Å². The molecular formula is C23H22O6. The van der Waals surface area contributed by atoms with Crippen LogP contribution in [0.1, 0.15) is 35.8 Å². The minimum atomic E-state index is -0.289. The zero-order valence-corrected chi connectivity index (χ0v) is 16.3. The first-order valence-electron chi connectivity index (χ1n) is 9.77. The summed E-state index contributed by atoms with van der Waals surface area (Å²) in [6, 6.07) is 11.3. The fourth-order valence-corrected chi connectivity index (χ4v) is 5.25. The molecule has 2 aromatic rings. The van der Waals surface area contributed by atoms with Gasteiger partial charge in [-0.2, -0.15) is 0 Å². The Hall–Kier alpha value is -3.02. The summed E-state index contributed by atoms with van der Waals surface area (Å²) >= 11 is 0. The number of fused-ring (bicyclic) bond motifs is 2. The number of rotatable bonds is 4. The second kappa shape index (κ2) is 6.79. The molecule has 6 nitrogen and oxygen atoms in total. The molecule has 4 atom stereocenters. The highest BCUT2D eigenvalue weighted by molar-refractivity contribution is 5.96. The highest BCUT2D eigenvalue weighted by atomic mass is 16.7. The third-order valence-corrected chi connectivity index (χ3v) is 6.50. The Morgan fingerprint density at radius 2 is 1.34 bits per heavy atom. The summed E-state index contributed by atoms with van der Waals surface area (Å²) in [4.78, 5) is 26.0. The SMILES string of the molecule is COc1ccc([C@H]2C(=O)C[C@H]3[C@@H]2CC(=O)[C@@H]3c2ccc3c(c2)OCO3)cc1OC. The van der Waals surface area contributed by atoms with Crippen molar-refractivity contribution in [3.63, 3.8) is 0 Å². The Bertz CT molecular complexity index is 997. The van der Waals surface area contributed by atoms with E-state index >= 15 is 0 Å². The van der Waals surface area contributed by atoms with E-state index in [0.29, 0.717) is 35.8 Å². The van der Waals surface area contributed by atoms with Gasteiger partial charge in [0.25, 0.3) is 0 Å². The Morgan fingerprint density at radius 3 is 2.00 bits per heavy atom. The van der Waals surface area contributed by atoms with E-state index in [1.54, 1.807) is 14.2 Å². The zero-order chi connectivity index (χ0) is 20.1. The van der Waals surface area contributed by atoms with Crippen LogP contribution in [0.4, 0.5) is 0 Å². The molecule has 6 heteroatoms. The summed E-state index contributed by atoms with van der Waals surface area (Å²) in [5.41, 5.74) is 1.80. The predicted octanol–water partition coefficient (Wildman–Crippen LogP) is 3.48. The number of ether oxygens (including phenoxy) is 4. The van der Waals surface area contributed by atoms with Gasteiger partial charge in [0.2, 0.25) is 6.79 Å². The molecular weight excluding hydrogens is 372 g/mol. The van der Waals surface area contributed by atoms with Crippen molar-refractivity contribution >= 4 is 11.6 Å². The zero-order valence-electron chi connectivity index (χ0n) is 16.3. The number of hydrogen-bond donors (Lipinski definition) is 0. The molecule has 2 saturated carbocycles. The number of benzene rings is 2. The Labute approximate surface area is 168 Å². The third kappa shape index (κ3) is 2.77. The number of methoxy groups -OCH3 is 2. The summed E-state index contributed by atoms with van der Waals surface area (Å²) in [5.74, 6) is 2.41. The molecule has 2 aromatic carbocycles. The normalized spacial score (nSPS) is 27.2. The number of ketones is 2. The molecule has 2 aliphatic carbocycles. The van der Waals surface area contributed by atoms with Crippen molar-refractivity contribution in [2.45, 2.75) is 24.7 Å². The van der Waals surface area contributed by atoms with Gasteiger partial charge in [0.15, 0.2) is 23.0 Å². The minimum absolute atomic E-state index is 0.00326. The van der Waals surface area contributed by atoms with Crippen LogP contribution in [0.15, 0.2) is 36.4 Å². The molecule has 0 aromatic heterocycles. The molecule has 0 amide bonds. The van der Waals surface area contributed by atoms with Crippen LogP contribution in [0.2, 0.25) is 0 Å². The number of hydrogen-bond acceptors (Lipinski definition) is 6. The summed E-state index contributed by atoms with van der Waals surface area (Å²) in [6.07, 6.45) is 0.822. The summed E-state index contributed by atoms with van der Waals surface area (Å²) in [7, 11) is 3.16. The quantitative estimate of drug-likeness (QED) is 0.791. The van der Waals surface area contributed by atoms with E-state index in [1.807, 2.05) is 36.4 Å². The van der Waals surface area contributed by atoms with Crippen LogP contribution in [-0.4, -0.2) is 32.6 Å². The van der Waals surface area contributed by atoms with Crippen LogP contribution in [0, 0.1) is 11.8 Å². The van der Waals surface area contributed by atoms with Crippen molar-refractivity contribution in [1.82, 2.24) is 0 Å². The van der Waals surface area contributed by atoms with Gasteiger partial charge < -0.3 is 18.9 Å². The van der Waals surface area contributed by atoms with Gasteiger partial charge in [-0.3, -0.25) is 9.59 Å². The molecule has 1 heterocycles. The van der Waals surface area contributed by atoms with E-state index < -0.39 is 0 Å². The predicted molar refractivity (Wildman–Crippen MR) is 104 cm³/mol. The van der Waals surface area contributed by atoms with Crippen LogP contribution in [0.3, 0.4) is 0 Å². The molecule has 2 fully saturated rings. The highest BCUT2D eigenvalue weighted by Gasteiger charge is 2.54. The van der Waals surface area contributed by atoms with Gasteiger partial charge in [0.05, 0.1) is 14.2 Å². The molecule has 150 valence electrons. The van der Waals surface area contributed by atoms with Crippen molar-refractivity contribution in [3.05, 3.63) is 47.5 Å². The minimum Gasteiger partial charge on any atom is -0.493 e. The molecule has 0 bridgehead atoms. The first-order valence-corrected chi connectivity index (χ1v) is 9.77. The van der Waals surface area contributed by atoms with Crippen LogP contribution >= 0.6 is 0 Å². The summed E-state index contributed by atoms with van der Waals surface area (Å²) < 4.78 is 21.6. The maximum Gasteiger partial charge on any atom is 0.231 e. The average molecular weight is 394 g/mol. The van der Waals surface area contributed by atoms with Crippen molar-refractivity contribution in [2.75, 3.05) is 21.0 Å². The molecule has 0 spiro atoms. The summed E-state index contributed by atoms with van der Waals surface area (Å²) in [5, 5.41) is 0. The van der Waals surface area contributed by atoms with Crippen molar-refractivity contribution in [1.29, 1.82) is 0 Å². The second-order valence-corrected chi connectivity index (χ2v) is 7.85. The lowest BCUT2D eigenvalue weighted by Gasteiger charge is -2.20. The molecule has 0 radical (unpaired) electrons. The molecule has 0 unspecified atom stereocenters. The van der Waals surface area contributed by atoms with Gasteiger partial charge in [0.1, 0.15) is 11.6 Å². The molecule has 1 aliphatic heterocycles. The van der Waals surface area contributed by atoms with E-state index in [0.717, 1.165) is 11.1 Å². The number of carbonyl (C=O) groups excluding carboxylic acids is 2. The maximum absolute atomic E-state index is 13.0. The molecule has 3 aliphatic rings. The lowest BCUT2D eigenvalue weighted by atomic mass is 9.83. The van der Waals surface area contributed by atoms with Gasteiger partial charge in [-0.15, -0.1) is 0 Å². The lowest BCUT2D eigenvalue weighted by molar-refractivity contribution is -0.121. The van der Waals surface area contributed by atoms with Crippen molar-refractivity contribution < 1.29 is 28.5 Å². The maximum atomic E-state index is 13.0. The van der Waals surface area contributed by atoms with Crippen LogP contribution in [0.25, 0.3) is 0 Å². The first-order chi connectivity index (χ1) is 14.1. The van der Waals surface area contributed by atoms with Crippen LogP contribution in [-0.2, 0) is 9.59 Å². The standard InChI is InChI=1S/C23H22O6/c1-26-18-5-3-12(7-20(18)27-2)22-14-9-17(25)23(15(14)10-16(22)24)13-4-6-19-21(8-13)29-11-28-19/h3-8,14-15,22-23H,9-11H2,1-2H3/t14-,15-,22+,23+/m0/s1. The van der Waals surface area contributed by atoms with Gasteiger partial charge in [-0.25, -0.2) is 0 Å². The smallest absolute Gasteiger partial charge is 0.231 e. The van der Waals surface area contributed by atoms with Gasteiger partial charge in [-0.05, 0) is 47.2 Å². The van der Waals surface area contributed by atoms with Gasteiger partial charge in [0, 0.05) is 24.7 Å². The fraction of sp³-hybridized carbons (Fsp3) is 0.391. The lowest BCUT2D eigenvalue weighted by Crippen LogP contribution is -2.13. The second-order valence-electron chi connectivity index (χ2n) is 7.85. The fourth-order valence-electron chi connectivity index (χ4n) is 5.25. The first kappa shape index (κ1) is 18.0. The van der Waals surface area contributed by atoms with Crippen LogP contribution < -0.4 is 18.9 Å². The molecule has 29 heavy (non-hydrogen) atoms. The molecule has 0 N–H and O–H groups in total. The molecule has 0 saturated heterocycles. The monoisotopic (exact) mass is 394 g/mol. The van der Waals surface area contributed by atoms with Crippen molar-refractivity contribution in [2.24, 2.45) is 11.8 Å². The van der Waals surface area contributed by atoms with E-state index in [2.05, 4.69) is 0 Å². The molecule has 5 rings (SSSR count). The highest BCUT2D eigenvalue weighted by Crippen LogP contribution is 2.55. The van der Waals surface area contributed by atoms with E-state index in [-0.39, 0.29) is 42.0 Å². The Morgan fingerprint density at radius 1 is 0.759 bits per heavy atom. The topological polar surface area (TPSA) is 71.1 Å². The number of carbonyl (C=O) groups is 2. The van der Waals surface area contributed by atoms with Gasteiger partial charge >= 0.3 is 0 Å². The van der Waals surface area contributed by atoms with E-state index in [4.69, 9.17) is 18.9 Å². The summed E-state index contributed by atoms with van der Waals surface area (Å²) in [6.45, 7) is 0.198. The van der Waals surface area contributed by atoms with E-state index in [1.165, 1.54) is 0 Å². The third-order valence-electron chi connectivity index (χ3n) is 6.50. The van der Waals surface area contributed by atoms with Gasteiger partial charge in [-0.1, -0.05) is 12.1 Å². The Kier molecular flexibility index (Phi) is 4.23.